The highest BCUT2D eigenvalue weighted by molar-refractivity contribution is 14.1. The molecule has 5 fully saturated rings. The Morgan fingerprint density at radius 2 is 1.71 bits per heavy atom. The maximum Gasteiger partial charge on any atom is 0.312 e. The van der Waals surface area contributed by atoms with Crippen molar-refractivity contribution in [2.45, 2.75) is 99.3 Å². The van der Waals surface area contributed by atoms with Gasteiger partial charge in [0, 0.05) is 8.99 Å². The first-order chi connectivity index (χ1) is 19.7. The van der Waals surface area contributed by atoms with Crippen LogP contribution in [0.1, 0.15) is 105 Å². The van der Waals surface area contributed by atoms with Gasteiger partial charge in [-0.2, -0.15) is 0 Å². The van der Waals surface area contributed by atoms with Crippen LogP contribution < -0.4 is 0 Å². The Labute approximate surface area is 267 Å². The zero-order valence-electron chi connectivity index (χ0n) is 26.9. The molecule has 0 spiro atoms. The van der Waals surface area contributed by atoms with Crippen molar-refractivity contribution in [2.75, 3.05) is 7.11 Å². The van der Waals surface area contributed by atoms with Gasteiger partial charge < -0.3 is 4.74 Å². The van der Waals surface area contributed by atoms with E-state index in [1.165, 1.54) is 22.0 Å². The maximum absolute atomic E-state index is 14.1. The van der Waals surface area contributed by atoms with Crippen LogP contribution in [0.15, 0.2) is 42.0 Å². The smallest absolute Gasteiger partial charge is 0.312 e. The number of ketones is 1. The van der Waals surface area contributed by atoms with E-state index in [1.807, 2.05) is 0 Å². The van der Waals surface area contributed by atoms with Crippen LogP contribution in [0, 0.1) is 60.2 Å². The summed E-state index contributed by atoms with van der Waals surface area (Å²) in [6.07, 6.45) is 11.7. The lowest BCUT2D eigenvalue weighted by atomic mass is 9.32. The molecular weight excluding hydrogens is 631 g/mol. The molecule has 3 nitrogen and oxygen atoms in total. The fourth-order valence-electron chi connectivity index (χ4n) is 12.5. The summed E-state index contributed by atoms with van der Waals surface area (Å²) in [5.41, 5.74) is 3.05. The van der Waals surface area contributed by atoms with E-state index in [9.17, 15) is 9.59 Å². The van der Waals surface area contributed by atoms with Gasteiger partial charge in [0.1, 0.15) is 0 Å². The van der Waals surface area contributed by atoms with Crippen LogP contribution >= 0.6 is 22.6 Å². The molecule has 5 aliphatic rings. The van der Waals surface area contributed by atoms with Crippen LogP contribution in [0.2, 0.25) is 0 Å². The van der Waals surface area contributed by atoms with Gasteiger partial charge >= 0.3 is 5.97 Å². The average molecular weight is 683 g/mol. The second-order valence-electron chi connectivity index (χ2n) is 16.3. The minimum absolute atomic E-state index is 0.0270. The lowest BCUT2D eigenvalue weighted by Gasteiger charge is -2.72. The van der Waals surface area contributed by atoms with Crippen LogP contribution in [0.3, 0.4) is 0 Å². The number of esters is 1. The second kappa shape index (κ2) is 10.0. The van der Waals surface area contributed by atoms with Crippen molar-refractivity contribution in [3.05, 3.63) is 51.1 Å². The Morgan fingerprint density at radius 3 is 2.38 bits per heavy atom. The standard InChI is InChI=1S/C38H51IO3/c1-23(2)27-14-17-38(33(41)42-8)19-18-36(6)28(31(27)38)12-13-30-35(5)22-25(20-24-10-9-11-26(39)21-24)32(40)34(3,4)29(35)15-16-37(30,36)7/h9-11,20-21,27-31H,1,12-19,22H2,2-8H3/b25-20+/t27-,28+,29+,30+,31+,35-,36+,37+,38-/m0/s1. The molecule has 0 bridgehead atoms. The first kappa shape index (κ1) is 30.6. The number of benzene rings is 1. The number of hydrogen-bond acceptors (Lipinski definition) is 3. The van der Waals surface area contributed by atoms with E-state index in [-0.39, 0.29) is 33.0 Å². The molecule has 0 unspecified atom stereocenters. The molecule has 1 aromatic carbocycles. The minimum atomic E-state index is -0.372. The van der Waals surface area contributed by atoms with Crippen molar-refractivity contribution in [3.8, 4) is 0 Å². The van der Waals surface area contributed by atoms with Crippen LogP contribution in [0.25, 0.3) is 6.08 Å². The largest absolute Gasteiger partial charge is 0.469 e. The van der Waals surface area contributed by atoms with Gasteiger partial charge in [-0.3, -0.25) is 9.59 Å². The molecule has 42 heavy (non-hydrogen) atoms. The van der Waals surface area contributed by atoms with Crippen LogP contribution in [-0.2, 0) is 14.3 Å². The molecule has 6 rings (SSSR count). The lowest BCUT2D eigenvalue weighted by Crippen LogP contribution is -2.67. The predicted octanol–water partition coefficient (Wildman–Crippen LogP) is 9.68. The molecule has 9 atom stereocenters. The fourth-order valence-corrected chi connectivity index (χ4v) is 13.0. The van der Waals surface area contributed by atoms with Crippen molar-refractivity contribution in [1.82, 2.24) is 0 Å². The summed E-state index contributed by atoms with van der Waals surface area (Å²) >= 11 is 2.36. The summed E-state index contributed by atoms with van der Waals surface area (Å²) in [4.78, 5) is 27.6. The quantitative estimate of drug-likeness (QED) is 0.138. The van der Waals surface area contributed by atoms with E-state index in [4.69, 9.17) is 4.74 Å². The topological polar surface area (TPSA) is 43.4 Å². The summed E-state index contributed by atoms with van der Waals surface area (Å²) in [5.74, 6) is 2.53. The van der Waals surface area contributed by atoms with E-state index in [0.29, 0.717) is 35.4 Å². The first-order valence-electron chi connectivity index (χ1n) is 16.4. The van der Waals surface area contributed by atoms with Gasteiger partial charge in [0.2, 0.25) is 0 Å². The number of fused-ring (bicyclic) bond motifs is 7. The fraction of sp³-hybridized carbons (Fsp3) is 0.684. The van der Waals surface area contributed by atoms with Crippen LogP contribution in [-0.4, -0.2) is 18.9 Å². The third-order valence-corrected chi connectivity index (χ3v) is 15.1. The summed E-state index contributed by atoms with van der Waals surface area (Å²) < 4.78 is 6.75. The third kappa shape index (κ3) is 4.01. The Bertz CT molecular complexity index is 1360. The minimum Gasteiger partial charge on any atom is -0.469 e. The SMILES string of the molecule is C=C(C)[C@@H]1CC[C@]2(C(=O)OC)CC[C@]3(C)[C@H](CC[C@@H]4[C@@]5(C)C/C(=C\c6cccc(I)c6)C(=O)C(C)(C)[C@H]5CC[C@]43C)[C@@H]12. The van der Waals surface area contributed by atoms with Crippen molar-refractivity contribution in [2.24, 2.45) is 56.7 Å². The molecule has 0 heterocycles. The molecule has 1 aromatic rings. The number of ether oxygens (including phenoxy) is 1. The third-order valence-electron chi connectivity index (χ3n) is 14.4. The molecule has 5 aliphatic carbocycles. The highest BCUT2D eigenvalue weighted by atomic mass is 127. The van der Waals surface area contributed by atoms with E-state index >= 15 is 0 Å². The number of carbonyl (C=O) groups is 2. The van der Waals surface area contributed by atoms with Crippen LogP contribution in [0.5, 0.6) is 0 Å². The normalized spacial score (nSPS) is 44.9. The molecule has 228 valence electrons. The van der Waals surface area contributed by atoms with E-state index in [0.717, 1.165) is 56.1 Å². The summed E-state index contributed by atoms with van der Waals surface area (Å²) in [6, 6.07) is 8.53. The molecule has 0 aliphatic heterocycles. The van der Waals surface area contributed by atoms with Gasteiger partial charge in [-0.25, -0.2) is 0 Å². The molecule has 5 saturated carbocycles. The Morgan fingerprint density at radius 1 is 0.976 bits per heavy atom. The van der Waals surface area contributed by atoms with E-state index < -0.39 is 0 Å². The predicted molar refractivity (Wildman–Crippen MR) is 179 cm³/mol. The Hall–Kier alpha value is -1.43. The number of carbonyl (C=O) groups excluding carboxylic acids is 2. The van der Waals surface area contributed by atoms with Gasteiger partial charge in [-0.05, 0) is 162 Å². The number of allylic oxidation sites excluding steroid dienone is 2. The Balaban J connectivity index is 1.42. The zero-order valence-corrected chi connectivity index (χ0v) is 29.1. The lowest BCUT2D eigenvalue weighted by molar-refractivity contribution is -0.232. The van der Waals surface area contributed by atoms with Crippen molar-refractivity contribution in [3.63, 3.8) is 0 Å². The van der Waals surface area contributed by atoms with Crippen molar-refractivity contribution < 1.29 is 14.3 Å². The number of rotatable bonds is 3. The number of Topliss-reactive ketones (excluding diaryl/α,β-unsaturated/α-hetero) is 1. The summed E-state index contributed by atoms with van der Waals surface area (Å²) in [7, 11) is 1.59. The van der Waals surface area contributed by atoms with Gasteiger partial charge in [0.15, 0.2) is 5.78 Å². The van der Waals surface area contributed by atoms with Crippen molar-refractivity contribution >= 4 is 40.4 Å². The van der Waals surface area contributed by atoms with Gasteiger partial charge in [-0.1, -0.05) is 58.9 Å². The highest BCUT2D eigenvalue weighted by Crippen LogP contribution is 2.77. The van der Waals surface area contributed by atoms with E-state index in [1.54, 1.807) is 7.11 Å². The molecule has 0 amide bonds. The van der Waals surface area contributed by atoms with Crippen molar-refractivity contribution in [1.29, 1.82) is 0 Å². The molecule has 4 heteroatoms. The van der Waals surface area contributed by atoms with Gasteiger partial charge in [0.05, 0.1) is 12.5 Å². The average Bonchev–Trinajstić information content (AvgIpc) is 3.33. The van der Waals surface area contributed by atoms with Gasteiger partial charge in [-0.15, -0.1) is 0 Å². The summed E-state index contributed by atoms with van der Waals surface area (Å²) in [6.45, 7) is 18.9. The maximum atomic E-state index is 14.1. The number of halogens is 1. The molecule has 0 N–H and O–H groups in total. The Kier molecular flexibility index (Phi) is 7.31. The first-order valence-corrected chi connectivity index (χ1v) is 17.5. The molecular formula is C38H51IO3. The molecule has 0 radical (unpaired) electrons. The second-order valence-corrected chi connectivity index (χ2v) is 17.5. The monoisotopic (exact) mass is 682 g/mol. The van der Waals surface area contributed by atoms with Gasteiger partial charge in [0.25, 0.3) is 0 Å². The molecule has 0 saturated heterocycles. The number of hydrogen-bond donors (Lipinski definition) is 0. The zero-order chi connectivity index (χ0) is 30.5. The van der Waals surface area contributed by atoms with Crippen LogP contribution in [0.4, 0.5) is 0 Å². The van der Waals surface area contributed by atoms with E-state index in [2.05, 4.69) is 101 Å². The highest BCUT2D eigenvalue weighted by Gasteiger charge is 2.72. The summed E-state index contributed by atoms with van der Waals surface area (Å²) in [5, 5.41) is 0. The molecule has 0 aromatic heterocycles. The number of methoxy groups -OCH3 is 1.